The van der Waals surface area contributed by atoms with Gasteiger partial charge < -0.3 is 4.74 Å². The molecule has 0 aromatic carbocycles. The van der Waals surface area contributed by atoms with Crippen molar-refractivity contribution < 1.29 is 14.3 Å². The van der Waals surface area contributed by atoms with Gasteiger partial charge >= 0.3 is 5.97 Å². The molecule has 1 aliphatic heterocycles. The minimum atomic E-state index is -0.437. The standard InChI is InChI=1S/C10H15N3O3S/c1-4-16-9(15)5-13-8(14)6-17-10(13)12-11-7(2)3/h4-6H2,1-3H3. The first kappa shape index (κ1) is 13.7. The summed E-state index contributed by atoms with van der Waals surface area (Å²) in [4.78, 5) is 24.1. The molecule has 0 aliphatic carbocycles. The zero-order chi connectivity index (χ0) is 12.8. The number of nitrogens with zero attached hydrogens (tertiary/aromatic N) is 3. The zero-order valence-electron chi connectivity index (χ0n) is 10.1. The fraction of sp³-hybridized carbons (Fsp3) is 0.600. The van der Waals surface area contributed by atoms with Crippen molar-refractivity contribution in [2.75, 3.05) is 18.9 Å². The average molecular weight is 257 g/mol. The first-order valence-corrected chi connectivity index (χ1v) is 6.20. The lowest BCUT2D eigenvalue weighted by Crippen LogP contribution is -2.35. The number of amides is 1. The molecule has 0 spiro atoms. The number of carbonyl (C=O) groups is 2. The molecule has 0 N–H and O–H groups in total. The van der Waals surface area contributed by atoms with Crippen LogP contribution in [0.5, 0.6) is 0 Å². The lowest BCUT2D eigenvalue weighted by atomic mass is 10.5. The van der Waals surface area contributed by atoms with Crippen molar-refractivity contribution >= 4 is 34.5 Å². The third kappa shape index (κ3) is 4.18. The van der Waals surface area contributed by atoms with Gasteiger partial charge in [-0.3, -0.25) is 14.5 Å². The second-order valence-electron chi connectivity index (χ2n) is 3.50. The summed E-state index contributed by atoms with van der Waals surface area (Å²) in [5, 5.41) is 8.26. The number of hydrogen-bond acceptors (Lipinski definition) is 6. The van der Waals surface area contributed by atoms with E-state index in [-0.39, 0.29) is 18.2 Å². The van der Waals surface area contributed by atoms with Gasteiger partial charge in [0.15, 0.2) is 5.17 Å². The smallest absolute Gasteiger partial charge is 0.326 e. The number of carbonyl (C=O) groups excluding carboxylic acids is 2. The molecule has 0 radical (unpaired) electrons. The summed E-state index contributed by atoms with van der Waals surface area (Å²) < 4.78 is 4.79. The van der Waals surface area contributed by atoms with Gasteiger partial charge in [-0.2, -0.15) is 5.10 Å². The normalized spacial score (nSPS) is 17.5. The molecule has 0 bridgehead atoms. The highest BCUT2D eigenvalue weighted by molar-refractivity contribution is 8.15. The van der Waals surface area contributed by atoms with Gasteiger partial charge in [0.2, 0.25) is 5.91 Å². The Kier molecular flexibility index (Phi) is 5.14. The molecule has 1 fully saturated rings. The zero-order valence-corrected chi connectivity index (χ0v) is 10.9. The highest BCUT2D eigenvalue weighted by Gasteiger charge is 2.30. The lowest BCUT2D eigenvalue weighted by molar-refractivity contribution is -0.145. The maximum absolute atomic E-state index is 11.5. The summed E-state index contributed by atoms with van der Waals surface area (Å²) in [6.07, 6.45) is 0. The highest BCUT2D eigenvalue weighted by atomic mass is 32.2. The largest absolute Gasteiger partial charge is 0.465 e. The van der Waals surface area contributed by atoms with Crippen LogP contribution < -0.4 is 0 Å². The van der Waals surface area contributed by atoms with Gasteiger partial charge in [0.25, 0.3) is 0 Å². The van der Waals surface area contributed by atoms with Crippen molar-refractivity contribution in [2.24, 2.45) is 10.2 Å². The first-order chi connectivity index (χ1) is 8.04. The van der Waals surface area contributed by atoms with Crippen molar-refractivity contribution in [2.45, 2.75) is 20.8 Å². The van der Waals surface area contributed by atoms with E-state index in [1.807, 2.05) is 0 Å². The third-order valence-corrected chi connectivity index (χ3v) is 2.74. The Balaban J connectivity index is 2.72. The molecule has 0 aromatic heterocycles. The van der Waals surface area contributed by atoms with Crippen LogP contribution in [0.15, 0.2) is 10.2 Å². The summed E-state index contributed by atoms with van der Waals surface area (Å²) in [5.41, 5.74) is 0.786. The lowest BCUT2D eigenvalue weighted by Gasteiger charge is -2.13. The van der Waals surface area contributed by atoms with Gasteiger partial charge in [0.05, 0.1) is 12.4 Å². The Bertz CT molecular complexity index is 375. The summed E-state index contributed by atoms with van der Waals surface area (Å²) in [7, 11) is 0. The summed E-state index contributed by atoms with van der Waals surface area (Å²) in [5.74, 6) is -0.296. The van der Waals surface area contributed by atoms with Crippen LogP contribution in [0.1, 0.15) is 20.8 Å². The number of thioether (sulfide) groups is 1. The van der Waals surface area contributed by atoms with Crippen molar-refractivity contribution in [1.82, 2.24) is 4.90 Å². The van der Waals surface area contributed by atoms with E-state index < -0.39 is 5.97 Å². The van der Waals surface area contributed by atoms with E-state index in [1.165, 1.54) is 16.7 Å². The molecule has 7 heteroatoms. The number of ether oxygens (including phenoxy) is 1. The van der Waals surface area contributed by atoms with Gasteiger partial charge in [-0.25, -0.2) is 0 Å². The second-order valence-corrected chi connectivity index (χ2v) is 4.45. The summed E-state index contributed by atoms with van der Waals surface area (Å²) in [6, 6.07) is 0. The van der Waals surface area contributed by atoms with E-state index in [0.29, 0.717) is 11.8 Å². The number of rotatable bonds is 4. The molecular weight excluding hydrogens is 242 g/mol. The third-order valence-electron chi connectivity index (χ3n) is 1.78. The molecule has 0 saturated carbocycles. The maximum atomic E-state index is 11.5. The van der Waals surface area contributed by atoms with Crippen molar-refractivity contribution in [3.05, 3.63) is 0 Å². The van der Waals surface area contributed by atoms with Crippen molar-refractivity contribution in [3.63, 3.8) is 0 Å². The van der Waals surface area contributed by atoms with E-state index in [2.05, 4.69) is 10.2 Å². The molecule has 1 aliphatic rings. The van der Waals surface area contributed by atoms with Gasteiger partial charge in [0.1, 0.15) is 6.54 Å². The summed E-state index contributed by atoms with van der Waals surface area (Å²) in [6.45, 7) is 5.53. The Morgan fingerprint density at radius 1 is 1.53 bits per heavy atom. The number of hydrogen-bond donors (Lipinski definition) is 0. The van der Waals surface area contributed by atoms with E-state index in [4.69, 9.17) is 4.74 Å². The molecule has 6 nitrogen and oxygen atoms in total. The Hall–Kier alpha value is -1.37. The predicted molar refractivity (Wildman–Crippen MR) is 67.0 cm³/mol. The number of esters is 1. The van der Waals surface area contributed by atoms with E-state index in [1.54, 1.807) is 20.8 Å². The average Bonchev–Trinajstić information content (AvgIpc) is 2.58. The Morgan fingerprint density at radius 3 is 2.82 bits per heavy atom. The molecule has 94 valence electrons. The van der Waals surface area contributed by atoms with Crippen molar-refractivity contribution in [1.29, 1.82) is 0 Å². The second kappa shape index (κ2) is 6.39. The van der Waals surface area contributed by atoms with Crippen LogP contribution in [0.4, 0.5) is 0 Å². The molecule has 1 rings (SSSR count). The van der Waals surface area contributed by atoms with Crippen LogP contribution in [0.2, 0.25) is 0 Å². The van der Waals surface area contributed by atoms with E-state index >= 15 is 0 Å². The van der Waals surface area contributed by atoms with Crippen molar-refractivity contribution in [3.8, 4) is 0 Å². The molecule has 0 atom stereocenters. The molecule has 1 saturated heterocycles. The van der Waals surface area contributed by atoms with Crippen LogP contribution in [-0.2, 0) is 14.3 Å². The molecule has 0 unspecified atom stereocenters. The maximum Gasteiger partial charge on any atom is 0.326 e. The van der Waals surface area contributed by atoms with E-state index in [9.17, 15) is 9.59 Å². The summed E-state index contributed by atoms with van der Waals surface area (Å²) >= 11 is 1.27. The van der Waals surface area contributed by atoms with Gasteiger partial charge in [-0.15, -0.1) is 5.10 Å². The quantitative estimate of drug-likeness (QED) is 0.426. The van der Waals surface area contributed by atoms with Crippen LogP contribution in [0.3, 0.4) is 0 Å². The van der Waals surface area contributed by atoms with Crippen LogP contribution in [0.25, 0.3) is 0 Å². The highest BCUT2D eigenvalue weighted by Crippen LogP contribution is 2.19. The molecule has 1 amide bonds. The van der Waals surface area contributed by atoms with Crippen LogP contribution >= 0.6 is 11.8 Å². The van der Waals surface area contributed by atoms with Gasteiger partial charge in [-0.05, 0) is 20.8 Å². The van der Waals surface area contributed by atoms with Crippen LogP contribution in [0, 0.1) is 0 Å². The monoisotopic (exact) mass is 257 g/mol. The predicted octanol–water partition coefficient (Wildman–Crippen LogP) is 0.877. The Morgan fingerprint density at radius 2 is 2.24 bits per heavy atom. The van der Waals surface area contributed by atoms with Gasteiger partial charge in [-0.1, -0.05) is 11.8 Å². The molecule has 0 aromatic rings. The SMILES string of the molecule is CCOC(=O)CN1C(=O)CSC1=NN=C(C)C. The topological polar surface area (TPSA) is 71.3 Å². The first-order valence-electron chi connectivity index (χ1n) is 5.22. The number of amidine groups is 1. The fourth-order valence-electron chi connectivity index (χ4n) is 1.11. The molecule has 17 heavy (non-hydrogen) atoms. The van der Waals surface area contributed by atoms with Gasteiger partial charge in [0, 0.05) is 5.71 Å². The minimum absolute atomic E-state index is 0.100. The van der Waals surface area contributed by atoms with Crippen LogP contribution in [-0.4, -0.2) is 46.6 Å². The van der Waals surface area contributed by atoms with E-state index in [0.717, 1.165) is 5.71 Å². The fourth-order valence-corrected chi connectivity index (χ4v) is 1.94. The Labute approximate surface area is 104 Å². The molecule has 1 heterocycles. The minimum Gasteiger partial charge on any atom is -0.465 e. The molecular formula is C10H15N3O3S.